The fourth-order valence-corrected chi connectivity index (χ4v) is 2.77. The molecule has 0 saturated carbocycles. The molecule has 2 rings (SSSR count). The van der Waals surface area contributed by atoms with Crippen molar-refractivity contribution in [2.45, 2.75) is 12.3 Å². The van der Waals surface area contributed by atoms with Gasteiger partial charge in [-0.2, -0.15) is 13.2 Å². The Morgan fingerprint density at radius 3 is 2.56 bits per heavy atom. The van der Waals surface area contributed by atoms with E-state index in [2.05, 4.69) is 15.9 Å². The first kappa shape index (κ1) is 11.9. The molecule has 0 bridgehead atoms. The lowest BCUT2D eigenvalue weighted by atomic mass is 10.2. The van der Waals surface area contributed by atoms with Gasteiger partial charge in [0, 0.05) is 14.0 Å². The number of hydrogen-bond acceptors (Lipinski definition) is 2. The molecular formula is C10H6BrF3OS. The number of thiophene rings is 1. The van der Waals surface area contributed by atoms with Gasteiger partial charge < -0.3 is 5.11 Å². The van der Waals surface area contributed by atoms with Gasteiger partial charge in [-0.15, -0.1) is 11.3 Å². The summed E-state index contributed by atoms with van der Waals surface area (Å²) < 4.78 is 38.4. The van der Waals surface area contributed by atoms with Crippen molar-refractivity contribution in [3.63, 3.8) is 0 Å². The van der Waals surface area contributed by atoms with Crippen LogP contribution in [0.1, 0.15) is 11.0 Å². The average Bonchev–Trinajstić information content (AvgIpc) is 2.57. The van der Waals surface area contributed by atoms with Crippen molar-refractivity contribution in [3.05, 3.63) is 33.6 Å². The molecule has 6 heteroatoms. The van der Waals surface area contributed by atoms with Crippen LogP contribution in [0.5, 0.6) is 0 Å². The van der Waals surface area contributed by atoms with Gasteiger partial charge in [0.15, 0.2) is 6.10 Å². The lowest BCUT2D eigenvalue weighted by molar-refractivity contribution is -0.205. The highest BCUT2D eigenvalue weighted by atomic mass is 79.9. The summed E-state index contributed by atoms with van der Waals surface area (Å²) in [6.45, 7) is 0. The summed E-state index contributed by atoms with van der Waals surface area (Å²) in [5.74, 6) is 0. The summed E-state index contributed by atoms with van der Waals surface area (Å²) in [5.41, 5.74) is 0. The lowest BCUT2D eigenvalue weighted by Crippen LogP contribution is -2.18. The molecule has 2 aromatic rings. The number of hydrogen-bond donors (Lipinski definition) is 1. The van der Waals surface area contributed by atoms with E-state index in [1.165, 1.54) is 6.07 Å². The second-order valence-electron chi connectivity index (χ2n) is 3.28. The Hall–Kier alpha value is -0.590. The van der Waals surface area contributed by atoms with E-state index in [0.717, 1.165) is 20.5 Å². The van der Waals surface area contributed by atoms with E-state index in [1.54, 1.807) is 18.2 Å². The van der Waals surface area contributed by atoms with Crippen LogP contribution in [0, 0.1) is 0 Å². The van der Waals surface area contributed by atoms with Crippen LogP contribution in [-0.2, 0) is 0 Å². The van der Waals surface area contributed by atoms with Gasteiger partial charge in [-0.1, -0.05) is 15.9 Å². The molecule has 1 heterocycles. The van der Waals surface area contributed by atoms with E-state index in [0.29, 0.717) is 5.39 Å². The summed E-state index contributed by atoms with van der Waals surface area (Å²) >= 11 is 4.19. The third-order valence-corrected chi connectivity index (χ3v) is 3.74. The second kappa shape index (κ2) is 4.01. The van der Waals surface area contributed by atoms with Gasteiger partial charge in [-0.25, -0.2) is 0 Å². The summed E-state index contributed by atoms with van der Waals surface area (Å²) in [6.07, 6.45) is -7.01. The molecule has 0 aliphatic heterocycles. The third-order valence-electron chi connectivity index (χ3n) is 2.08. The minimum absolute atomic E-state index is 0.0828. The number of fused-ring (bicyclic) bond motifs is 1. The minimum Gasteiger partial charge on any atom is -0.379 e. The zero-order valence-electron chi connectivity index (χ0n) is 7.75. The van der Waals surface area contributed by atoms with Crippen LogP contribution in [0.25, 0.3) is 10.1 Å². The number of rotatable bonds is 1. The van der Waals surface area contributed by atoms with Crippen LogP contribution >= 0.6 is 27.3 Å². The summed E-state index contributed by atoms with van der Waals surface area (Å²) in [4.78, 5) is -0.0828. The molecule has 0 aliphatic rings. The van der Waals surface area contributed by atoms with Crippen LogP contribution in [0.2, 0.25) is 0 Å². The molecule has 1 aromatic carbocycles. The minimum atomic E-state index is -4.61. The van der Waals surface area contributed by atoms with Gasteiger partial charge in [-0.3, -0.25) is 0 Å². The summed E-state index contributed by atoms with van der Waals surface area (Å²) in [7, 11) is 0. The Morgan fingerprint density at radius 2 is 1.94 bits per heavy atom. The van der Waals surface area contributed by atoms with Crippen molar-refractivity contribution < 1.29 is 18.3 Å². The SMILES string of the molecule is O[C@@H](c1cc2cc(Br)ccc2s1)C(F)(F)F. The van der Waals surface area contributed by atoms with Crippen molar-refractivity contribution in [3.8, 4) is 0 Å². The molecule has 1 atom stereocenters. The molecule has 0 aliphatic carbocycles. The molecule has 1 N–H and O–H groups in total. The molecule has 0 amide bonds. The standard InChI is InChI=1S/C10H6BrF3OS/c11-6-1-2-7-5(3-6)4-8(16-7)9(15)10(12,13)14/h1-4,9,15H/t9-/m0/s1. The zero-order valence-corrected chi connectivity index (χ0v) is 10.2. The van der Waals surface area contributed by atoms with Crippen LogP contribution in [0.15, 0.2) is 28.7 Å². The Morgan fingerprint density at radius 1 is 1.25 bits per heavy atom. The van der Waals surface area contributed by atoms with Gasteiger partial charge in [0.1, 0.15) is 0 Å². The normalized spacial score (nSPS) is 14.3. The Bertz CT molecular complexity index is 520. The largest absolute Gasteiger partial charge is 0.419 e. The number of benzene rings is 1. The molecule has 16 heavy (non-hydrogen) atoms. The van der Waals surface area contributed by atoms with Gasteiger partial charge in [0.05, 0.1) is 0 Å². The Labute approximate surface area is 102 Å². The fourth-order valence-electron chi connectivity index (χ4n) is 1.33. The lowest BCUT2D eigenvalue weighted by Gasteiger charge is -2.11. The highest BCUT2D eigenvalue weighted by molar-refractivity contribution is 9.10. The molecule has 0 radical (unpaired) electrons. The third kappa shape index (κ3) is 2.23. The second-order valence-corrected chi connectivity index (χ2v) is 5.31. The van der Waals surface area contributed by atoms with Crippen LogP contribution in [0.3, 0.4) is 0 Å². The van der Waals surface area contributed by atoms with Gasteiger partial charge in [-0.05, 0) is 29.7 Å². The predicted molar refractivity (Wildman–Crippen MR) is 60.5 cm³/mol. The maximum Gasteiger partial charge on any atom is 0.419 e. The monoisotopic (exact) mass is 310 g/mol. The molecule has 1 nitrogen and oxygen atoms in total. The molecule has 1 aromatic heterocycles. The maximum absolute atomic E-state index is 12.3. The topological polar surface area (TPSA) is 20.2 Å². The molecule has 0 unspecified atom stereocenters. The maximum atomic E-state index is 12.3. The van der Waals surface area contributed by atoms with E-state index in [4.69, 9.17) is 5.11 Å². The van der Waals surface area contributed by atoms with E-state index in [1.807, 2.05) is 0 Å². The van der Waals surface area contributed by atoms with Crippen molar-refractivity contribution in [2.24, 2.45) is 0 Å². The van der Waals surface area contributed by atoms with Crippen LogP contribution in [-0.4, -0.2) is 11.3 Å². The van der Waals surface area contributed by atoms with E-state index in [-0.39, 0.29) is 4.88 Å². The smallest absolute Gasteiger partial charge is 0.379 e. The van der Waals surface area contributed by atoms with Crippen LogP contribution in [0.4, 0.5) is 13.2 Å². The fraction of sp³-hybridized carbons (Fsp3) is 0.200. The van der Waals surface area contributed by atoms with Gasteiger partial charge >= 0.3 is 6.18 Å². The van der Waals surface area contributed by atoms with Crippen LogP contribution < -0.4 is 0 Å². The summed E-state index contributed by atoms with van der Waals surface area (Å²) in [5, 5.41) is 9.79. The summed E-state index contributed by atoms with van der Waals surface area (Å²) in [6, 6.07) is 6.56. The number of aliphatic hydroxyl groups is 1. The van der Waals surface area contributed by atoms with Crippen molar-refractivity contribution in [2.75, 3.05) is 0 Å². The first-order chi connectivity index (χ1) is 7.38. The number of alkyl halides is 3. The Balaban J connectivity index is 2.47. The van der Waals surface area contributed by atoms with Gasteiger partial charge in [0.2, 0.25) is 0 Å². The van der Waals surface area contributed by atoms with Crippen molar-refractivity contribution >= 4 is 37.4 Å². The molecule has 0 saturated heterocycles. The molecule has 86 valence electrons. The first-order valence-electron chi connectivity index (χ1n) is 4.32. The zero-order chi connectivity index (χ0) is 11.9. The average molecular weight is 311 g/mol. The molecule has 0 fully saturated rings. The van der Waals surface area contributed by atoms with E-state index in [9.17, 15) is 13.2 Å². The van der Waals surface area contributed by atoms with E-state index < -0.39 is 12.3 Å². The quantitative estimate of drug-likeness (QED) is 0.834. The van der Waals surface area contributed by atoms with Gasteiger partial charge in [0.25, 0.3) is 0 Å². The van der Waals surface area contributed by atoms with Crippen molar-refractivity contribution in [1.29, 1.82) is 0 Å². The number of aliphatic hydroxyl groups excluding tert-OH is 1. The molecular weight excluding hydrogens is 305 g/mol. The highest BCUT2D eigenvalue weighted by Gasteiger charge is 2.40. The Kier molecular flexibility index (Phi) is 2.98. The highest BCUT2D eigenvalue weighted by Crippen LogP contribution is 2.38. The first-order valence-corrected chi connectivity index (χ1v) is 5.92. The predicted octanol–water partition coefficient (Wildman–Crippen LogP) is 4.26. The number of halogens is 4. The van der Waals surface area contributed by atoms with Crippen molar-refractivity contribution in [1.82, 2.24) is 0 Å². The molecule has 0 spiro atoms. The van der Waals surface area contributed by atoms with E-state index >= 15 is 0 Å².